The van der Waals surface area contributed by atoms with Crippen LogP contribution in [0.1, 0.15) is 17.1 Å². The number of aromatic nitrogens is 1. The lowest BCUT2D eigenvalue weighted by Gasteiger charge is -2.22. The van der Waals surface area contributed by atoms with Gasteiger partial charge in [0.15, 0.2) is 11.7 Å². The van der Waals surface area contributed by atoms with Crippen LogP contribution in [0.5, 0.6) is 5.75 Å². The van der Waals surface area contributed by atoms with Crippen molar-refractivity contribution in [1.82, 2.24) is 15.6 Å². The van der Waals surface area contributed by atoms with Crippen molar-refractivity contribution < 1.29 is 17.9 Å². The molecule has 2 heterocycles. The molecule has 1 aliphatic rings. The molecule has 11 heteroatoms. The first kappa shape index (κ1) is 24.5. The third kappa shape index (κ3) is 6.37. The lowest BCUT2D eigenvalue weighted by Crippen LogP contribution is -2.45. The number of alkyl halides is 3. The molecule has 1 aliphatic heterocycles. The van der Waals surface area contributed by atoms with Gasteiger partial charge in [-0.2, -0.15) is 13.2 Å². The average Bonchev–Trinajstić information content (AvgIpc) is 3.36. The Bertz CT molecular complexity index is 846. The molecule has 0 radical (unpaired) electrons. The molecule has 166 valence electrons. The van der Waals surface area contributed by atoms with Crippen LogP contribution < -0.4 is 20.3 Å². The van der Waals surface area contributed by atoms with E-state index in [4.69, 9.17) is 4.74 Å². The van der Waals surface area contributed by atoms with E-state index in [1.54, 1.807) is 14.2 Å². The number of guanidine groups is 1. The molecule has 30 heavy (non-hydrogen) atoms. The van der Waals surface area contributed by atoms with Crippen molar-refractivity contribution in [3.05, 3.63) is 40.3 Å². The highest BCUT2D eigenvalue weighted by molar-refractivity contribution is 14.0. The molecule has 1 saturated heterocycles. The van der Waals surface area contributed by atoms with E-state index in [-0.39, 0.29) is 30.0 Å². The molecular formula is C19H25F3IN5OS. The van der Waals surface area contributed by atoms with E-state index in [0.717, 1.165) is 47.7 Å². The van der Waals surface area contributed by atoms with Gasteiger partial charge < -0.3 is 20.3 Å². The normalized spacial score (nSPS) is 16.9. The fourth-order valence-corrected chi connectivity index (χ4v) is 4.02. The number of hydrogen-bond acceptors (Lipinski definition) is 5. The Morgan fingerprint density at radius 1 is 1.37 bits per heavy atom. The molecule has 1 aromatic heterocycles. The highest BCUT2D eigenvalue weighted by atomic mass is 127. The number of para-hydroxylation sites is 2. The minimum Gasteiger partial charge on any atom is -0.495 e. The number of benzene rings is 1. The molecule has 0 amide bonds. The van der Waals surface area contributed by atoms with Gasteiger partial charge in [0, 0.05) is 44.5 Å². The Kier molecular flexibility index (Phi) is 9.01. The van der Waals surface area contributed by atoms with E-state index < -0.39 is 11.9 Å². The predicted octanol–water partition coefficient (Wildman–Crippen LogP) is 3.77. The van der Waals surface area contributed by atoms with E-state index in [0.29, 0.717) is 23.9 Å². The maximum atomic E-state index is 12.6. The summed E-state index contributed by atoms with van der Waals surface area (Å²) < 4.78 is 43.3. The molecule has 0 aliphatic carbocycles. The number of hydrogen-bond donors (Lipinski definition) is 2. The zero-order valence-corrected chi connectivity index (χ0v) is 19.8. The van der Waals surface area contributed by atoms with E-state index in [2.05, 4.69) is 25.5 Å². The number of nitrogens with one attached hydrogen (secondary N) is 2. The van der Waals surface area contributed by atoms with Gasteiger partial charge in [-0.05, 0) is 18.6 Å². The fourth-order valence-electron chi connectivity index (χ4n) is 3.22. The van der Waals surface area contributed by atoms with Crippen LogP contribution in [0, 0.1) is 0 Å². The molecule has 6 nitrogen and oxygen atoms in total. The third-order valence-electron chi connectivity index (χ3n) is 4.65. The predicted molar refractivity (Wildman–Crippen MR) is 124 cm³/mol. The zero-order valence-electron chi connectivity index (χ0n) is 16.7. The lowest BCUT2D eigenvalue weighted by atomic mass is 10.2. The van der Waals surface area contributed by atoms with E-state index >= 15 is 0 Å². The molecule has 1 fully saturated rings. The van der Waals surface area contributed by atoms with Gasteiger partial charge in [-0.15, -0.1) is 35.3 Å². The molecule has 1 atom stereocenters. The van der Waals surface area contributed by atoms with Crippen molar-refractivity contribution in [1.29, 1.82) is 0 Å². The van der Waals surface area contributed by atoms with Crippen LogP contribution in [-0.2, 0) is 12.6 Å². The Balaban J connectivity index is 0.00000320. The topological polar surface area (TPSA) is 61.8 Å². The van der Waals surface area contributed by atoms with Gasteiger partial charge in [0.1, 0.15) is 5.75 Å². The summed E-state index contributed by atoms with van der Waals surface area (Å²) in [6.07, 6.45) is -3.05. The second-order valence-corrected chi connectivity index (χ2v) is 7.56. The van der Waals surface area contributed by atoms with Crippen LogP contribution in [0.2, 0.25) is 0 Å². The number of rotatable bonds is 6. The second kappa shape index (κ2) is 11.0. The van der Waals surface area contributed by atoms with Crippen LogP contribution in [0.4, 0.5) is 18.9 Å². The van der Waals surface area contributed by atoms with Gasteiger partial charge in [0.2, 0.25) is 0 Å². The number of ether oxygens (including phenoxy) is 1. The summed E-state index contributed by atoms with van der Waals surface area (Å²) in [5.41, 5.74) is 0.230. The van der Waals surface area contributed by atoms with Crippen molar-refractivity contribution >= 4 is 47.0 Å². The third-order valence-corrected chi connectivity index (χ3v) is 5.56. The quantitative estimate of drug-likeness (QED) is 0.323. The number of halogens is 4. The van der Waals surface area contributed by atoms with E-state index in [1.807, 2.05) is 24.3 Å². The van der Waals surface area contributed by atoms with Crippen molar-refractivity contribution in [2.24, 2.45) is 4.99 Å². The molecular weight excluding hydrogens is 530 g/mol. The Morgan fingerprint density at radius 2 is 2.13 bits per heavy atom. The number of anilines is 1. The van der Waals surface area contributed by atoms with Crippen LogP contribution in [0.25, 0.3) is 0 Å². The maximum Gasteiger partial charge on any atom is 0.434 e. The molecule has 1 aromatic carbocycles. The Hall–Kier alpha value is -1.76. The van der Waals surface area contributed by atoms with E-state index in [1.165, 1.54) is 0 Å². The van der Waals surface area contributed by atoms with Gasteiger partial charge in [0.25, 0.3) is 0 Å². The number of nitrogens with zero attached hydrogens (tertiary/aromatic N) is 3. The molecule has 3 rings (SSSR count). The summed E-state index contributed by atoms with van der Waals surface area (Å²) >= 11 is 1.02. The average molecular weight is 555 g/mol. The number of aliphatic imine (C=N–C) groups is 1. The van der Waals surface area contributed by atoms with E-state index in [9.17, 15) is 13.2 Å². The Labute approximate surface area is 195 Å². The molecule has 0 saturated carbocycles. The van der Waals surface area contributed by atoms with Crippen molar-refractivity contribution in [2.75, 3.05) is 38.7 Å². The SMILES string of the molecule is CN=C(NCCc1nc(C(F)(F)F)cs1)NC1CCN(c2ccccc2OC)C1.I. The minimum absolute atomic E-state index is 0. The molecule has 0 spiro atoms. The van der Waals surface area contributed by atoms with Crippen LogP contribution >= 0.6 is 35.3 Å². The van der Waals surface area contributed by atoms with Crippen LogP contribution in [-0.4, -0.2) is 50.8 Å². The first-order valence-corrected chi connectivity index (χ1v) is 10.2. The monoisotopic (exact) mass is 555 g/mol. The second-order valence-electron chi connectivity index (χ2n) is 6.62. The van der Waals surface area contributed by atoms with Crippen molar-refractivity contribution in [3.8, 4) is 5.75 Å². The molecule has 1 unspecified atom stereocenters. The summed E-state index contributed by atoms with van der Waals surface area (Å²) in [5.74, 6) is 1.47. The highest BCUT2D eigenvalue weighted by Crippen LogP contribution is 2.31. The fraction of sp³-hybridized carbons (Fsp3) is 0.474. The van der Waals surface area contributed by atoms with Gasteiger partial charge in [0.05, 0.1) is 17.8 Å². The number of thiazole rings is 1. The molecule has 2 N–H and O–H groups in total. The number of methoxy groups -OCH3 is 1. The highest BCUT2D eigenvalue weighted by Gasteiger charge is 2.33. The Morgan fingerprint density at radius 3 is 2.80 bits per heavy atom. The van der Waals surface area contributed by atoms with Crippen LogP contribution in [0.15, 0.2) is 34.6 Å². The molecule has 0 bridgehead atoms. The summed E-state index contributed by atoms with van der Waals surface area (Å²) in [4.78, 5) is 10.1. The van der Waals surface area contributed by atoms with Crippen molar-refractivity contribution in [2.45, 2.75) is 25.1 Å². The van der Waals surface area contributed by atoms with Crippen LogP contribution in [0.3, 0.4) is 0 Å². The maximum absolute atomic E-state index is 12.6. The summed E-state index contributed by atoms with van der Waals surface area (Å²) in [6, 6.07) is 8.13. The minimum atomic E-state index is -4.39. The standard InChI is InChI=1S/C19H24F3N5OS.HI/c1-23-18(24-9-7-17-26-16(12-29-17)19(20,21)22)25-13-8-10-27(11-13)14-5-3-4-6-15(14)28-2;/h3-6,12-13H,7-11H2,1-2H3,(H2,23,24,25);1H. The van der Waals surface area contributed by atoms with Gasteiger partial charge in [-0.25, -0.2) is 4.98 Å². The smallest absolute Gasteiger partial charge is 0.434 e. The zero-order chi connectivity index (χ0) is 20.9. The van der Waals surface area contributed by atoms with Gasteiger partial charge >= 0.3 is 6.18 Å². The van der Waals surface area contributed by atoms with Crippen molar-refractivity contribution in [3.63, 3.8) is 0 Å². The first-order chi connectivity index (χ1) is 13.9. The molecule has 2 aromatic rings. The summed E-state index contributed by atoms with van der Waals surface area (Å²) in [6.45, 7) is 2.16. The first-order valence-electron chi connectivity index (χ1n) is 9.27. The van der Waals surface area contributed by atoms with Gasteiger partial charge in [-0.3, -0.25) is 4.99 Å². The summed E-state index contributed by atoms with van der Waals surface area (Å²) in [7, 11) is 3.34. The summed E-state index contributed by atoms with van der Waals surface area (Å²) in [5, 5.41) is 8.03. The largest absolute Gasteiger partial charge is 0.495 e. The lowest BCUT2D eigenvalue weighted by molar-refractivity contribution is -0.140. The van der Waals surface area contributed by atoms with Gasteiger partial charge in [-0.1, -0.05) is 12.1 Å².